The lowest BCUT2D eigenvalue weighted by Gasteiger charge is -2.40. The van der Waals surface area contributed by atoms with E-state index >= 15 is 0 Å². The minimum Gasteiger partial charge on any atom is -0.496 e. The smallest absolute Gasteiger partial charge is 0.257 e. The molecule has 0 spiro atoms. The second kappa shape index (κ2) is 7.05. The van der Waals surface area contributed by atoms with Crippen LogP contribution in [0.3, 0.4) is 0 Å². The molecule has 6 nitrogen and oxygen atoms in total. The maximum atomic E-state index is 12.8. The molecule has 3 rings (SSSR count). The van der Waals surface area contributed by atoms with Crippen LogP contribution in [0.1, 0.15) is 28.9 Å². The van der Waals surface area contributed by atoms with E-state index in [1.807, 2.05) is 36.2 Å². The van der Waals surface area contributed by atoms with Crippen LogP contribution in [0, 0.1) is 0 Å². The Kier molecular flexibility index (Phi) is 4.85. The molecular weight excluding hydrogens is 304 g/mol. The molecule has 2 heterocycles. The van der Waals surface area contributed by atoms with Crippen LogP contribution in [0.15, 0.2) is 36.7 Å². The first-order valence-electron chi connectivity index (χ1n) is 8.29. The highest BCUT2D eigenvalue weighted by Gasteiger charge is 2.30. The van der Waals surface area contributed by atoms with Crippen molar-refractivity contribution in [1.29, 1.82) is 0 Å². The number of piperazine rings is 1. The van der Waals surface area contributed by atoms with Gasteiger partial charge in [0.05, 0.1) is 24.9 Å². The SMILES string of the molecule is CCn1cc(C(=O)N2CCN(C)C(c3ccccc3OC)C2)cn1. The van der Waals surface area contributed by atoms with Crippen molar-refractivity contribution < 1.29 is 9.53 Å². The first-order valence-corrected chi connectivity index (χ1v) is 8.29. The summed E-state index contributed by atoms with van der Waals surface area (Å²) in [4.78, 5) is 17.0. The number of hydrogen-bond donors (Lipinski definition) is 0. The number of nitrogens with zero attached hydrogens (tertiary/aromatic N) is 4. The van der Waals surface area contributed by atoms with Crippen LogP contribution in [0.25, 0.3) is 0 Å². The van der Waals surface area contributed by atoms with Gasteiger partial charge in [-0.2, -0.15) is 5.10 Å². The number of likely N-dealkylation sites (N-methyl/N-ethyl adjacent to an activating group) is 1. The average Bonchev–Trinajstić information content (AvgIpc) is 3.10. The highest BCUT2D eigenvalue weighted by atomic mass is 16.5. The number of benzene rings is 1. The average molecular weight is 328 g/mol. The molecule has 1 aromatic heterocycles. The van der Waals surface area contributed by atoms with E-state index < -0.39 is 0 Å². The molecule has 128 valence electrons. The molecule has 24 heavy (non-hydrogen) atoms. The molecule has 1 atom stereocenters. The van der Waals surface area contributed by atoms with Crippen LogP contribution < -0.4 is 4.74 Å². The van der Waals surface area contributed by atoms with Gasteiger partial charge in [-0.05, 0) is 20.0 Å². The van der Waals surface area contributed by atoms with Gasteiger partial charge >= 0.3 is 0 Å². The van der Waals surface area contributed by atoms with Crippen molar-refractivity contribution in [3.8, 4) is 5.75 Å². The summed E-state index contributed by atoms with van der Waals surface area (Å²) in [6, 6.07) is 8.14. The number of aromatic nitrogens is 2. The molecule has 1 unspecified atom stereocenters. The van der Waals surface area contributed by atoms with Gasteiger partial charge in [0.15, 0.2) is 0 Å². The van der Waals surface area contributed by atoms with E-state index in [1.165, 1.54) is 0 Å². The zero-order chi connectivity index (χ0) is 17.1. The first-order chi connectivity index (χ1) is 11.6. The van der Waals surface area contributed by atoms with Gasteiger partial charge in [0.25, 0.3) is 5.91 Å². The van der Waals surface area contributed by atoms with E-state index in [9.17, 15) is 4.79 Å². The van der Waals surface area contributed by atoms with E-state index in [0.29, 0.717) is 12.1 Å². The van der Waals surface area contributed by atoms with Crippen LogP contribution in [0.5, 0.6) is 5.75 Å². The molecule has 0 saturated carbocycles. The quantitative estimate of drug-likeness (QED) is 0.862. The molecule has 1 aromatic carbocycles. The Morgan fingerprint density at radius 1 is 1.33 bits per heavy atom. The highest BCUT2D eigenvalue weighted by molar-refractivity contribution is 5.93. The standard InChI is InChI=1S/C18H24N4O2/c1-4-22-12-14(11-19-22)18(23)21-10-9-20(2)16(13-21)15-7-5-6-8-17(15)24-3/h5-8,11-12,16H,4,9-10,13H2,1-3H3. The molecule has 6 heteroatoms. The molecule has 1 aliphatic rings. The van der Waals surface area contributed by atoms with Crippen molar-refractivity contribution >= 4 is 5.91 Å². The predicted octanol–water partition coefficient (Wildman–Crippen LogP) is 2.04. The molecule has 0 aliphatic carbocycles. The van der Waals surface area contributed by atoms with E-state index in [-0.39, 0.29) is 11.9 Å². The van der Waals surface area contributed by atoms with Gasteiger partial charge in [-0.15, -0.1) is 0 Å². The molecule has 0 bridgehead atoms. The molecule has 2 aromatic rings. The maximum Gasteiger partial charge on any atom is 0.257 e. The van der Waals surface area contributed by atoms with E-state index in [1.54, 1.807) is 18.0 Å². The van der Waals surface area contributed by atoms with Gasteiger partial charge in [-0.3, -0.25) is 14.4 Å². The van der Waals surface area contributed by atoms with Crippen LogP contribution in [-0.4, -0.2) is 59.3 Å². The van der Waals surface area contributed by atoms with Crippen molar-refractivity contribution in [3.63, 3.8) is 0 Å². The summed E-state index contributed by atoms with van der Waals surface area (Å²) in [5.41, 5.74) is 1.77. The van der Waals surface area contributed by atoms with Crippen molar-refractivity contribution in [3.05, 3.63) is 47.8 Å². The van der Waals surface area contributed by atoms with Gasteiger partial charge in [0.1, 0.15) is 5.75 Å². The number of hydrogen-bond acceptors (Lipinski definition) is 4. The van der Waals surface area contributed by atoms with E-state index in [0.717, 1.165) is 30.9 Å². The van der Waals surface area contributed by atoms with E-state index in [2.05, 4.69) is 23.1 Å². The Balaban J connectivity index is 1.81. The fourth-order valence-corrected chi connectivity index (χ4v) is 3.17. The topological polar surface area (TPSA) is 50.6 Å². The number of amides is 1. The fourth-order valence-electron chi connectivity index (χ4n) is 3.17. The van der Waals surface area contributed by atoms with Crippen molar-refractivity contribution in [1.82, 2.24) is 19.6 Å². The summed E-state index contributed by atoms with van der Waals surface area (Å²) in [5, 5.41) is 4.21. The number of carbonyl (C=O) groups is 1. The summed E-state index contributed by atoms with van der Waals surface area (Å²) in [7, 11) is 3.78. The number of carbonyl (C=O) groups excluding carboxylic acids is 1. The lowest BCUT2D eigenvalue weighted by atomic mass is 10.0. The van der Waals surface area contributed by atoms with Crippen LogP contribution in [0.2, 0.25) is 0 Å². The summed E-state index contributed by atoms with van der Waals surface area (Å²) in [6.07, 6.45) is 3.47. The van der Waals surface area contributed by atoms with Gasteiger partial charge < -0.3 is 9.64 Å². The zero-order valence-electron chi connectivity index (χ0n) is 14.5. The van der Waals surface area contributed by atoms with E-state index in [4.69, 9.17) is 4.74 Å². The Bertz CT molecular complexity index is 713. The lowest BCUT2D eigenvalue weighted by molar-refractivity contribution is 0.0542. The molecule has 1 amide bonds. The third-order valence-corrected chi connectivity index (χ3v) is 4.64. The minimum atomic E-state index is 0.0442. The predicted molar refractivity (Wildman–Crippen MR) is 92.2 cm³/mol. The van der Waals surface area contributed by atoms with Crippen molar-refractivity contribution in [2.24, 2.45) is 0 Å². The number of para-hydroxylation sites is 1. The van der Waals surface area contributed by atoms with Gasteiger partial charge in [0, 0.05) is 37.9 Å². The summed E-state index contributed by atoms with van der Waals surface area (Å²) in [5.74, 6) is 0.908. The molecule has 1 aliphatic heterocycles. The fraction of sp³-hybridized carbons (Fsp3) is 0.444. The Morgan fingerprint density at radius 3 is 2.83 bits per heavy atom. The monoisotopic (exact) mass is 328 g/mol. The maximum absolute atomic E-state index is 12.8. The first kappa shape index (κ1) is 16.5. The largest absolute Gasteiger partial charge is 0.496 e. The highest BCUT2D eigenvalue weighted by Crippen LogP contribution is 2.31. The van der Waals surface area contributed by atoms with Crippen molar-refractivity contribution in [2.45, 2.75) is 19.5 Å². The van der Waals surface area contributed by atoms with Crippen LogP contribution >= 0.6 is 0 Å². The second-order valence-corrected chi connectivity index (χ2v) is 6.07. The molecule has 0 radical (unpaired) electrons. The summed E-state index contributed by atoms with van der Waals surface area (Å²) < 4.78 is 7.28. The Hall–Kier alpha value is -2.34. The Labute approximate surface area is 142 Å². The van der Waals surface area contributed by atoms with Crippen LogP contribution in [-0.2, 0) is 6.54 Å². The minimum absolute atomic E-state index is 0.0442. The normalized spacial score (nSPS) is 18.6. The second-order valence-electron chi connectivity index (χ2n) is 6.07. The number of aryl methyl sites for hydroxylation is 1. The number of rotatable bonds is 4. The zero-order valence-corrected chi connectivity index (χ0v) is 14.5. The van der Waals surface area contributed by atoms with Crippen molar-refractivity contribution in [2.75, 3.05) is 33.8 Å². The molecule has 0 N–H and O–H groups in total. The third kappa shape index (κ3) is 3.14. The Morgan fingerprint density at radius 2 is 2.12 bits per heavy atom. The number of methoxy groups -OCH3 is 1. The number of ether oxygens (including phenoxy) is 1. The van der Waals surface area contributed by atoms with Crippen LogP contribution in [0.4, 0.5) is 0 Å². The molecular formula is C18H24N4O2. The third-order valence-electron chi connectivity index (χ3n) is 4.64. The summed E-state index contributed by atoms with van der Waals surface area (Å²) in [6.45, 7) is 4.97. The molecule has 1 fully saturated rings. The van der Waals surface area contributed by atoms with Gasteiger partial charge in [0.2, 0.25) is 0 Å². The van der Waals surface area contributed by atoms with Gasteiger partial charge in [-0.25, -0.2) is 0 Å². The summed E-state index contributed by atoms with van der Waals surface area (Å²) >= 11 is 0. The van der Waals surface area contributed by atoms with Gasteiger partial charge in [-0.1, -0.05) is 18.2 Å². The molecule has 1 saturated heterocycles. The lowest BCUT2D eigenvalue weighted by Crippen LogP contribution is -2.49.